The highest BCUT2D eigenvalue weighted by atomic mass is 16.5. The van der Waals surface area contributed by atoms with Crippen LogP contribution in [0.5, 0.6) is 5.75 Å². The van der Waals surface area contributed by atoms with E-state index in [9.17, 15) is 14.4 Å². The van der Waals surface area contributed by atoms with Crippen LogP contribution in [-0.4, -0.2) is 36.0 Å². The SMILES string of the molecule is CC(C)(C)c1ccccc1OCC(=O)Nc1ccc(C(=O)NCCC(=O)O)cc1. The first-order chi connectivity index (χ1) is 13.7. The Morgan fingerprint density at radius 3 is 2.28 bits per heavy atom. The minimum Gasteiger partial charge on any atom is -0.483 e. The smallest absolute Gasteiger partial charge is 0.305 e. The normalized spacial score (nSPS) is 10.9. The molecule has 0 radical (unpaired) electrons. The van der Waals surface area contributed by atoms with Gasteiger partial charge in [0.05, 0.1) is 6.42 Å². The molecule has 2 amide bonds. The van der Waals surface area contributed by atoms with Crippen molar-refractivity contribution in [3.63, 3.8) is 0 Å². The van der Waals surface area contributed by atoms with Crippen molar-refractivity contribution >= 4 is 23.5 Å². The molecule has 0 saturated heterocycles. The predicted molar refractivity (Wildman–Crippen MR) is 110 cm³/mol. The maximum Gasteiger partial charge on any atom is 0.305 e. The summed E-state index contributed by atoms with van der Waals surface area (Å²) >= 11 is 0. The van der Waals surface area contributed by atoms with E-state index in [2.05, 4.69) is 31.4 Å². The quantitative estimate of drug-likeness (QED) is 0.633. The van der Waals surface area contributed by atoms with Gasteiger partial charge >= 0.3 is 5.97 Å². The fraction of sp³-hybridized carbons (Fsp3) is 0.318. The molecule has 0 spiro atoms. The minimum absolute atomic E-state index is 0.0556. The Labute approximate surface area is 170 Å². The van der Waals surface area contributed by atoms with Gasteiger partial charge in [-0.1, -0.05) is 39.0 Å². The fourth-order valence-electron chi connectivity index (χ4n) is 2.64. The lowest BCUT2D eigenvalue weighted by Gasteiger charge is -2.22. The molecule has 2 aromatic carbocycles. The molecule has 7 nitrogen and oxygen atoms in total. The van der Waals surface area contributed by atoms with Gasteiger partial charge in [0, 0.05) is 17.8 Å². The van der Waals surface area contributed by atoms with Gasteiger partial charge in [0.15, 0.2) is 6.61 Å². The first-order valence-electron chi connectivity index (χ1n) is 9.29. The Kier molecular flexibility index (Phi) is 7.36. The summed E-state index contributed by atoms with van der Waals surface area (Å²) in [5.41, 5.74) is 1.83. The van der Waals surface area contributed by atoms with Crippen molar-refractivity contribution in [3.05, 3.63) is 59.7 Å². The number of carbonyl (C=O) groups excluding carboxylic acids is 2. The molecule has 0 atom stereocenters. The molecule has 7 heteroatoms. The van der Waals surface area contributed by atoms with E-state index in [1.54, 1.807) is 24.3 Å². The molecular formula is C22H26N2O5. The zero-order valence-electron chi connectivity index (χ0n) is 16.8. The van der Waals surface area contributed by atoms with E-state index in [0.717, 1.165) is 5.56 Å². The summed E-state index contributed by atoms with van der Waals surface area (Å²) in [6, 6.07) is 13.9. The van der Waals surface area contributed by atoms with Crippen molar-refractivity contribution in [2.45, 2.75) is 32.6 Å². The first-order valence-corrected chi connectivity index (χ1v) is 9.29. The van der Waals surface area contributed by atoms with E-state index in [4.69, 9.17) is 9.84 Å². The van der Waals surface area contributed by atoms with Crippen molar-refractivity contribution in [3.8, 4) is 5.75 Å². The topological polar surface area (TPSA) is 105 Å². The summed E-state index contributed by atoms with van der Waals surface area (Å²) in [5, 5.41) is 13.8. The molecule has 2 rings (SSSR count). The third-order valence-electron chi connectivity index (χ3n) is 4.11. The summed E-state index contributed by atoms with van der Waals surface area (Å²) in [7, 11) is 0. The molecule has 0 aliphatic carbocycles. The van der Waals surface area contributed by atoms with Crippen LogP contribution in [0, 0.1) is 0 Å². The van der Waals surface area contributed by atoms with Crippen molar-refractivity contribution in [2.24, 2.45) is 0 Å². The van der Waals surface area contributed by atoms with Crippen LogP contribution in [0.15, 0.2) is 48.5 Å². The van der Waals surface area contributed by atoms with Crippen molar-refractivity contribution in [2.75, 3.05) is 18.5 Å². The molecule has 2 aromatic rings. The molecule has 0 aliphatic heterocycles. The van der Waals surface area contributed by atoms with Crippen molar-refractivity contribution in [1.29, 1.82) is 0 Å². The van der Waals surface area contributed by atoms with Crippen LogP contribution >= 0.6 is 0 Å². The molecule has 3 N–H and O–H groups in total. The van der Waals surface area contributed by atoms with Gasteiger partial charge in [-0.2, -0.15) is 0 Å². The third-order valence-corrected chi connectivity index (χ3v) is 4.11. The van der Waals surface area contributed by atoms with Crippen molar-refractivity contribution in [1.82, 2.24) is 5.32 Å². The number of amides is 2. The lowest BCUT2D eigenvalue weighted by Crippen LogP contribution is -2.26. The molecule has 0 unspecified atom stereocenters. The molecule has 0 bridgehead atoms. The van der Waals surface area contributed by atoms with E-state index < -0.39 is 5.97 Å². The van der Waals surface area contributed by atoms with Gasteiger partial charge in [0.1, 0.15) is 5.75 Å². The standard InChI is InChI=1S/C22H26N2O5/c1-22(2,3)17-6-4-5-7-18(17)29-14-19(25)24-16-10-8-15(9-11-16)21(28)23-13-12-20(26)27/h4-11H,12-14H2,1-3H3,(H,23,28)(H,24,25)(H,26,27). The van der Waals surface area contributed by atoms with Crippen LogP contribution in [-0.2, 0) is 15.0 Å². The molecule has 0 heterocycles. The predicted octanol–water partition coefficient (Wildman–Crippen LogP) is 3.21. The average molecular weight is 398 g/mol. The van der Waals surface area contributed by atoms with Crippen LogP contribution < -0.4 is 15.4 Å². The number of para-hydroxylation sites is 1. The number of nitrogens with one attached hydrogen (secondary N) is 2. The number of benzene rings is 2. The summed E-state index contributed by atoms with van der Waals surface area (Å²) in [6.45, 7) is 6.16. The van der Waals surface area contributed by atoms with Crippen LogP contribution in [0.4, 0.5) is 5.69 Å². The number of rotatable bonds is 8. The molecule has 0 aliphatic rings. The maximum atomic E-state index is 12.2. The van der Waals surface area contributed by atoms with Crippen LogP contribution in [0.2, 0.25) is 0 Å². The van der Waals surface area contributed by atoms with E-state index in [1.807, 2.05) is 24.3 Å². The van der Waals surface area contributed by atoms with Gasteiger partial charge in [-0.15, -0.1) is 0 Å². The van der Waals surface area contributed by atoms with Gasteiger partial charge in [0.2, 0.25) is 0 Å². The number of carboxylic acids is 1. The second-order valence-corrected chi connectivity index (χ2v) is 7.56. The number of anilines is 1. The monoisotopic (exact) mass is 398 g/mol. The van der Waals surface area contributed by atoms with E-state index in [0.29, 0.717) is 17.0 Å². The lowest BCUT2D eigenvalue weighted by atomic mass is 9.86. The van der Waals surface area contributed by atoms with Crippen LogP contribution in [0.1, 0.15) is 43.1 Å². The van der Waals surface area contributed by atoms with E-state index in [-0.39, 0.29) is 36.8 Å². The number of carbonyl (C=O) groups is 3. The minimum atomic E-state index is -0.976. The Morgan fingerprint density at radius 2 is 1.66 bits per heavy atom. The highest BCUT2D eigenvalue weighted by Crippen LogP contribution is 2.30. The first kappa shape index (κ1) is 21.9. The summed E-state index contributed by atoms with van der Waals surface area (Å²) in [4.78, 5) is 34.6. The summed E-state index contributed by atoms with van der Waals surface area (Å²) in [5.74, 6) is -0.988. The van der Waals surface area contributed by atoms with Crippen molar-refractivity contribution < 1.29 is 24.2 Å². The van der Waals surface area contributed by atoms with Gasteiger partial charge in [-0.3, -0.25) is 14.4 Å². The zero-order chi connectivity index (χ0) is 21.4. The van der Waals surface area contributed by atoms with Crippen LogP contribution in [0.3, 0.4) is 0 Å². The molecule has 29 heavy (non-hydrogen) atoms. The Morgan fingerprint density at radius 1 is 1.00 bits per heavy atom. The molecule has 0 aromatic heterocycles. The number of aliphatic carboxylic acids is 1. The number of carboxylic acid groups (broad SMARTS) is 1. The van der Waals surface area contributed by atoms with Crippen LogP contribution in [0.25, 0.3) is 0 Å². The Balaban J connectivity index is 1.89. The average Bonchev–Trinajstić information content (AvgIpc) is 2.66. The number of hydrogen-bond donors (Lipinski definition) is 3. The fourth-order valence-corrected chi connectivity index (χ4v) is 2.64. The second kappa shape index (κ2) is 9.73. The van der Waals surface area contributed by atoms with Gasteiger partial charge in [-0.25, -0.2) is 0 Å². The van der Waals surface area contributed by atoms with Gasteiger partial charge in [0.25, 0.3) is 11.8 Å². The van der Waals surface area contributed by atoms with E-state index in [1.165, 1.54) is 0 Å². The molecule has 154 valence electrons. The Hall–Kier alpha value is -3.35. The Bertz CT molecular complexity index is 870. The number of ether oxygens (including phenoxy) is 1. The molecular weight excluding hydrogens is 372 g/mol. The van der Waals surface area contributed by atoms with E-state index >= 15 is 0 Å². The van der Waals surface area contributed by atoms with Gasteiger partial charge in [-0.05, 0) is 41.3 Å². The van der Waals surface area contributed by atoms with Gasteiger partial charge < -0.3 is 20.5 Å². The zero-order valence-corrected chi connectivity index (χ0v) is 16.8. The number of hydrogen-bond acceptors (Lipinski definition) is 4. The second-order valence-electron chi connectivity index (χ2n) is 7.56. The molecule has 0 saturated carbocycles. The largest absolute Gasteiger partial charge is 0.483 e. The lowest BCUT2D eigenvalue weighted by molar-refractivity contribution is -0.136. The summed E-state index contributed by atoms with van der Waals surface area (Å²) in [6.07, 6.45) is -0.141. The highest BCUT2D eigenvalue weighted by molar-refractivity contribution is 5.96. The highest BCUT2D eigenvalue weighted by Gasteiger charge is 2.19. The molecule has 0 fully saturated rings. The third kappa shape index (κ3) is 6.95. The maximum absolute atomic E-state index is 12.2. The summed E-state index contributed by atoms with van der Waals surface area (Å²) < 4.78 is 5.70.